The minimum Gasteiger partial charge on any atom is -0.459 e. The van der Waals surface area contributed by atoms with Crippen molar-refractivity contribution in [3.63, 3.8) is 0 Å². The molecule has 1 aromatic carbocycles. The fraction of sp³-hybridized carbons (Fsp3) is 0.286. The Hall–Kier alpha value is -2.82. The van der Waals surface area contributed by atoms with E-state index in [2.05, 4.69) is 6.92 Å². The molecule has 3 rings (SSSR count). The lowest BCUT2D eigenvalue weighted by molar-refractivity contribution is 0.0705. The molecule has 0 fully saturated rings. The number of amides is 1. The largest absolute Gasteiger partial charge is 0.459 e. The third kappa shape index (κ3) is 4.42. The van der Waals surface area contributed by atoms with Crippen molar-refractivity contribution in [2.75, 3.05) is 6.54 Å². The van der Waals surface area contributed by atoms with Gasteiger partial charge in [-0.25, -0.2) is 4.39 Å². The second-order valence-corrected chi connectivity index (χ2v) is 6.31. The number of carbonyl (C=O) groups excluding carboxylic acids is 1. The standard InChI is InChI=1S/C21H23FN2O2/c1-2-3-11-24(21(25)20-10-6-13-26-20)16-19-9-5-12-23(19)15-17-7-4-8-18(22)14-17/h4-10,12-14H,2-3,11,15-16H2,1H3. The maximum Gasteiger partial charge on any atom is 0.289 e. The molecule has 0 unspecified atom stereocenters. The van der Waals surface area contributed by atoms with Gasteiger partial charge >= 0.3 is 0 Å². The van der Waals surface area contributed by atoms with Crippen molar-refractivity contribution >= 4 is 5.91 Å². The summed E-state index contributed by atoms with van der Waals surface area (Å²) in [5.41, 5.74) is 1.89. The van der Waals surface area contributed by atoms with Gasteiger partial charge in [-0.3, -0.25) is 4.79 Å². The van der Waals surface area contributed by atoms with Gasteiger partial charge in [0.2, 0.25) is 0 Å². The van der Waals surface area contributed by atoms with Crippen LogP contribution in [0.15, 0.2) is 65.4 Å². The zero-order valence-electron chi connectivity index (χ0n) is 14.9. The maximum absolute atomic E-state index is 13.4. The molecule has 0 aliphatic heterocycles. The van der Waals surface area contributed by atoms with E-state index in [1.165, 1.54) is 18.4 Å². The number of hydrogen-bond acceptors (Lipinski definition) is 2. The van der Waals surface area contributed by atoms with Crippen molar-refractivity contribution < 1.29 is 13.6 Å². The van der Waals surface area contributed by atoms with Crippen molar-refractivity contribution in [3.8, 4) is 0 Å². The highest BCUT2D eigenvalue weighted by Crippen LogP contribution is 2.15. The molecular formula is C21H23FN2O2. The molecule has 4 nitrogen and oxygen atoms in total. The van der Waals surface area contributed by atoms with E-state index in [0.717, 1.165) is 24.1 Å². The first-order valence-electron chi connectivity index (χ1n) is 8.88. The highest BCUT2D eigenvalue weighted by Gasteiger charge is 2.19. The minimum absolute atomic E-state index is 0.109. The van der Waals surface area contributed by atoms with Gasteiger partial charge in [0, 0.05) is 25.0 Å². The zero-order chi connectivity index (χ0) is 18.4. The smallest absolute Gasteiger partial charge is 0.289 e. The SMILES string of the molecule is CCCCN(Cc1cccn1Cc1cccc(F)c1)C(=O)c1ccco1. The van der Waals surface area contributed by atoms with Gasteiger partial charge in [0.15, 0.2) is 5.76 Å². The summed E-state index contributed by atoms with van der Waals surface area (Å²) in [6.45, 7) is 3.82. The molecule has 0 bridgehead atoms. The summed E-state index contributed by atoms with van der Waals surface area (Å²) in [6, 6.07) is 13.9. The second kappa shape index (κ2) is 8.52. The van der Waals surface area contributed by atoms with Crippen LogP contribution in [0.3, 0.4) is 0 Å². The fourth-order valence-electron chi connectivity index (χ4n) is 2.93. The van der Waals surface area contributed by atoms with Gasteiger partial charge in [-0.15, -0.1) is 0 Å². The summed E-state index contributed by atoms with van der Waals surface area (Å²) in [7, 11) is 0. The lowest BCUT2D eigenvalue weighted by Gasteiger charge is -2.22. The summed E-state index contributed by atoms with van der Waals surface area (Å²) in [5, 5.41) is 0. The molecule has 5 heteroatoms. The van der Waals surface area contributed by atoms with Crippen LogP contribution >= 0.6 is 0 Å². The number of carbonyl (C=O) groups is 1. The third-order valence-electron chi connectivity index (χ3n) is 4.32. The van der Waals surface area contributed by atoms with Crippen LogP contribution in [-0.2, 0) is 13.1 Å². The van der Waals surface area contributed by atoms with Gasteiger partial charge < -0.3 is 13.9 Å². The maximum atomic E-state index is 13.4. The van der Waals surface area contributed by atoms with Crippen LogP contribution in [0.2, 0.25) is 0 Å². The van der Waals surface area contributed by atoms with Crippen LogP contribution in [-0.4, -0.2) is 21.9 Å². The molecule has 0 aliphatic carbocycles. The summed E-state index contributed by atoms with van der Waals surface area (Å²) in [6.07, 6.45) is 5.40. The Morgan fingerprint density at radius 3 is 2.81 bits per heavy atom. The molecule has 136 valence electrons. The van der Waals surface area contributed by atoms with Gasteiger partial charge in [-0.2, -0.15) is 0 Å². The molecule has 3 aromatic rings. The van der Waals surface area contributed by atoms with Gasteiger partial charge in [0.1, 0.15) is 5.82 Å². The third-order valence-corrected chi connectivity index (χ3v) is 4.32. The number of benzene rings is 1. The van der Waals surface area contributed by atoms with Crippen molar-refractivity contribution in [2.45, 2.75) is 32.9 Å². The Kier molecular flexibility index (Phi) is 5.89. The lowest BCUT2D eigenvalue weighted by Crippen LogP contribution is -2.32. The van der Waals surface area contributed by atoms with Crippen LogP contribution < -0.4 is 0 Å². The van der Waals surface area contributed by atoms with E-state index in [-0.39, 0.29) is 11.7 Å². The second-order valence-electron chi connectivity index (χ2n) is 6.31. The average Bonchev–Trinajstić information content (AvgIpc) is 3.30. The van der Waals surface area contributed by atoms with Crippen LogP contribution in [0.1, 0.15) is 41.6 Å². The monoisotopic (exact) mass is 354 g/mol. The van der Waals surface area contributed by atoms with E-state index in [1.807, 2.05) is 29.0 Å². The molecule has 0 saturated heterocycles. The number of aromatic nitrogens is 1. The minimum atomic E-state index is -0.242. The summed E-state index contributed by atoms with van der Waals surface area (Å²) < 4.78 is 20.8. The number of unbranched alkanes of at least 4 members (excludes halogenated alkanes) is 1. The van der Waals surface area contributed by atoms with Gasteiger partial charge in [-0.05, 0) is 48.4 Å². The summed E-state index contributed by atoms with van der Waals surface area (Å²) in [4.78, 5) is 14.5. The first-order valence-corrected chi connectivity index (χ1v) is 8.88. The molecule has 1 amide bonds. The van der Waals surface area contributed by atoms with Crippen LogP contribution in [0.4, 0.5) is 4.39 Å². The number of furan rings is 1. The number of halogens is 1. The molecule has 26 heavy (non-hydrogen) atoms. The lowest BCUT2D eigenvalue weighted by atomic mass is 10.2. The molecule has 0 radical (unpaired) electrons. The van der Waals surface area contributed by atoms with Crippen LogP contribution in [0, 0.1) is 5.82 Å². The summed E-state index contributed by atoms with van der Waals surface area (Å²) in [5.74, 6) is 0.0000655. The molecular weight excluding hydrogens is 331 g/mol. The normalized spacial score (nSPS) is 10.8. The highest BCUT2D eigenvalue weighted by molar-refractivity contribution is 5.91. The van der Waals surface area contributed by atoms with E-state index in [9.17, 15) is 9.18 Å². The molecule has 2 heterocycles. The predicted molar refractivity (Wildman–Crippen MR) is 98.3 cm³/mol. The Balaban J connectivity index is 1.77. The van der Waals surface area contributed by atoms with E-state index in [0.29, 0.717) is 25.4 Å². The first-order chi connectivity index (χ1) is 12.7. The number of rotatable bonds is 8. The van der Waals surface area contributed by atoms with Gasteiger partial charge in [0.25, 0.3) is 5.91 Å². The molecule has 0 saturated carbocycles. The predicted octanol–water partition coefficient (Wildman–Crippen LogP) is 4.71. The number of nitrogens with zero attached hydrogens (tertiary/aromatic N) is 2. The van der Waals surface area contributed by atoms with Crippen molar-refractivity contribution in [1.29, 1.82) is 0 Å². The molecule has 2 aromatic heterocycles. The van der Waals surface area contributed by atoms with E-state index in [4.69, 9.17) is 4.42 Å². The van der Waals surface area contributed by atoms with Crippen molar-refractivity contribution in [2.24, 2.45) is 0 Å². The fourth-order valence-corrected chi connectivity index (χ4v) is 2.93. The molecule has 0 atom stereocenters. The van der Waals surface area contributed by atoms with Gasteiger partial charge in [-0.1, -0.05) is 25.5 Å². The zero-order valence-corrected chi connectivity index (χ0v) is 14.9. The topological polar surface area (TPSA) is 38.4 Å². The summed E-state index contributed by atoms with van der Waals surface area (Å²) >= 11 is 0. The van der Waals surface area contributed by atoms with Crippen molar-refractivity contribution in [1.82, 2.24) is 9.47 Å². The Bertz CT molecular complexity index is 839. The molecule has 0 spiro atoms. The van der Waals surface area contributed by atoms with E-state index >= 15 is 0 Å². The molecule has 0 aliphatic rings. The van der Waals surface area contributed by atoms with E-state index < -0.39 is 0 Å². The van der Waals surface area contributed by atoms with Crippen molar-refractivity contribution in [3.05, 3.63) is 83.8 Å². The van der Waals surface area contributed by atoms with E-state index in [1.54, 1.807) is 23.1 Å². The number of hydrogen-bond donors (Lipinski definition) is 0. The average molecular weight is 354 g/mol. The molecule has 0 N–H and O–H groups in total. The Labute approximate surface area is 152 Å². The highest BCUT2D eigenvalue weighted by atomic mass is 19.1. The Morgan fingerprint density at radius 2 is 2.08 bits per heavy atom. The van der Waals surface area contributed by atoms with Gasteiger partial charge in [0.05, 0.1) is 12.8 Å². The quantitative estimate of drug-likeness (QED) is 0.587. The Morgan fingerprint density at radius 1 is 1.19 bits per heavy atom. The van der Waals surface area contributed by atoms with Crippen LogP contribution in [0.25, 0.3) is 0 Å². The van der Waals surface area contributed by atoms with Crippen LogP contribution in [0.5, 0.6) is 0 Å². The first kappa shape index (κ1) is 18.0.